The van der Waals surface area contributed by atoms with Crippen LogP contribution in [0.5, 0.6) is 23.0 Å². The van der Waals surface area contributed by atoms with Crippen molar-refractivity contribution >= 4 is 5.91 Å². The first-order valence-corrected chi connectivity index (χ1v) is 14.4. The summed E-state index contributed by atoms with van der Waals surface area (Å²) >= 11 is 0. The molecule has 1 aliphatic heterocycles. The van der Waals surface area contributed by atoms with Crippen molar-refractivity contribution in [2.45, 2.75) is 53.6 Å². The van der Waals surface area contributed by atoms with Crippen LogP contribution >= 0.6 is 0 Å². The number of nitrogens with one attached hydrogen (secondary N) is 1. The maximum absolute atomic E-state index is 14.0. The van der Waals surface area contributed by atoms with E-state index in [0.29, 0.717) is 54.1 Å². The molecule has 8 heteroatoms. The molecule has 220 valence electrons. The molecule has 2 heterocycles. The van der Waals surface area contributed by atoms with Crippen LogP contribution in [0.15, 0.2) is 54.6 Å². The summed E-state index contributed by atoms with van der Waals surface area (Å²) in [4.78, 5) is 15.8. The Hall–Kier alpha value is -4.46. The third-order valence-corrected chi connectivity index (χ3v) is 7.61. The number of aromatic nitrogens is 2. The lowest BCUT2D eigenvalue weighted by Crippen LogP contribution is -2.29. The van der Waals surface area contributed by atoms with Crippen molar-refractivity contribution in [3.63, 3.8) is 0 Å². The number of hydrogen-bond acceptors (Lipinski definition) is 6. The fraction of sp³-hybridized carbons (Fsp3) is 0.353. The van der Waals surface area contributed by atoms with Gasteiger partial charge in [-0.15, -0.1) is 0 Å². The molecule has 0 fully saturated rings. The first-order valence-electron chi connectivity index (χ1n) is 14.4. The van der Waals surface area contributed by atoms with E-state index in [1.54, 1.807) is 7.11 Å². The number of carbonyl (C=O) groups is 1. The van der Waals surface area contributed by atoms with E-state index in [0.717, 1.165) is 40.0 Å². The molecule has 0 bridgehead atoms. The highest BCUT2D eigenvalue weighted by atomic mass is 16.5. The molecule has 8 nitrogen and oxygen atoms in total. The summed E-state index contributed by atoms with van der Waals surface area (Å²) in [6.45, 7) is 11.5. The van der Waals surface area contributed by atoms with Gasteiger partial charge in [0.1, 0.15) is 22.9 Å². The second-order valence-electron chi connectivity index (χ2n) is 11.2. The minimum atomic E-state index is -0.479. The normalized spacial score (nSPS) is 14.4. The zero-order valence-electron chi connectivity index (χ0n) is 25.2. The molecule has 0 radical (unpaired) electrons. The number of nitrogens with zero attached hydrogens (tertiary/aromatic N) is 2. The minimum Gasteiger partial charge on any atom is -0.507 e. The zero-order valence-corrected chi connectivity index (χ0v) is 25.2. The third-order valence-electron chi connectivity index (χ3n) is 7.61. The number of phenols is 1. The smallest absolute Gasteiger partial charge is 0.273 e. The maximum atomic E-state index is 14.0. The summed E-state index contributed by atoms with van der Waals surface area (Å²) in [5.41, 5.74) is 5.85. The predicted octanol–water partition coefficient (Wildman–Crippen LogP) is 6.98. The third kappa shape index (κ3) is 5.66. The molecule has 1 atom stereocenters. The lowest BCUT2D eigenvalue weighted by atomic mass is 9.93. The summed E-state index contributed by atoms with van der Waals surface area (Å²) < 4.78 is 17.5. The van der Waals surface area contributed by atoms with Gasteiger partial charge in [0.05, 0.1) is 26.4 Å². The van der Waals surface area contributed by atoms with E-state index >= 15 is 0 Å². The monoisotopic (exact) mass is 569 g/mol. The molecule has 0 saturated heterocycles. The highest BCUT2D eigenvalue weighted by molar-refractivity contribution is 6.00. The van der Waals surface area contributed by atoms with Crippen LogP contribution in [-0.4, -0.2) is 46.4 Å². The number of aromatic amines is 1. The van der Waals surface area contributed by atoms with Gasteiger partial charge in [-0.3, -0.25) is 9.89 Å². The largest absolute Gasteiger partial charge is 0.507 e. The van der Waals surface area contributed by atoms with Gasteiger partial charge in [0.25, 0.3) is 5.91 Å². The van der Waals surface area contributed by atoms with Gasteiger partial charge in [0.15, 0.2) is 11.5 Å². The maximum Gasteiger partial charge on any atom is 0.273 e. The molecular weight excluding hydrogens is 530 g/mol. The summed E-state index contributed by atoms with van der Waals surface area (Å²) in [6, 6.07) is 16.9. The van der Waals surface area contributed by atoms with E-state index in [1.165, 1.54) is 0 Å². The average Bonchev–Trinajstić information content (AvgIpc) is 3.50. The second kappa shape index (κ2) is 12.2. The number of amides is 1. The first-order chi connectivity index (χ1) is 20.2. The van der Waals surface area contributed by atoms with Crippen molar-refractivity contribution in [3.05, 3.63) is 88.1 Å². The zero-order chi connectivity index (χ0) is 30.0. The highest BCUT2D eigenvalue weighted by Crippen LogP contribution is 2.47. The van der Waals surface area contributed by atoms with Crippen LogP contribution in [0, 0.1) is 19.8 Å². The van der Waals surface area contributed by atoms with Gasteiger partial charge in [0.2, 0.25) is 0 Å². The van der Waals surface area contributed by atoms with E-state index in [-0.39, 0.29) is 11.7 Å². The number of benzene rings is 3. The molecule has 42 heavy (non-hydrogen) atoms. The van der Waals surface area contributed by atoms with Crippen molar-refractivity contribution in [2.75, 3.05) is 20.3 Å². The standard InChI is InChI=1S/C34H39N3O5/c1-7-41-28-18-24(10-13-27(28)42-15-14-20(2)3)32-29-30(26-17-21(4)16-22(5)33(26)38)35-36-31(29)34(39)37(32)19-23-8-11-25(40-6)12-9-23/h8-13,16-18,20,32,38H,7,14-15,19H2,1-6H3,(H,35,36). The molecule has 1 amide bonds. The lowest BCUT2D eigenvalue weighted by Gasteiger charge is -2.27. The molecule has 1 unspecified atom stereocenters. The van der Waals surface area contributed by atoms with Crippen LogP contribution in [0.2, 0.25) is 0 Å². The first kappa shape index (κ1) is 29.0. The molecule has 3 aromatic carbocycles. The Morgan fingerprint density at radius 2 is 1.79 bits per heavy atom. The fourth-order valence-electron chi connectivity index (χ4n) is 5.47. The summed E-state index contributed by atoms with van der Waals surface area (Å²) in [5, 5.41) is 18.6. The number of aromatic hydroxyl groups is 1. The number of methoxy groups -OCH3 is 1. The average molecular weight is 570 g/mol. The fourth-order valence-corrected chi connectivity index (χ4v) is 5.47. The molecule has 0 aliphatic carbocycles. The van der Waals surface area contributed by atoms with E-state index in [4.69, 9.17) is 14.2 Å². The molecule has 1 aromatic heterocycles. The van der Waals surface area contributed by atoms with Gasteiger partial charge in [0, 0.05) is 17.7 Å². The number of carbonyl (C=O) groups excluding carboxylic acids is 1. The van der Waals surface area contributed by atoms with Crippen LogP contribution in [0.3, 0.4) is 0 Å². The van der Waals surface area contributed by atoms with Crippen molar-refractivity contribution in [2.24, 2.45) is 5.92 Å². The molecule has 1 aliphatic rings. The number of H-pyrrole nitrogens is 1. The van der Waals surface area contributed by atoms with Gasteiger partial charge >= 0.3 is 0 Å². The highest BCUT2D eigenvalue weighted by Gasteiger charge is 2.43. The van der Waals surface area contributed by atoms with E-state index in [9.17, 15) is 9.90 Å². The lowest BCUT2D eigenvalue weighted by molar-refractivity contribution is 0.0729. The van der Waals surface area contributed by atoms with Gasteiger partial charge in [-0.25, -0.2) is 0 Å². The van der Waals surface area contributed by atoms with Gasteiger partial charge < -0.3 is 24.2 Å². The molecule has 2 N–H and O–H groups in total. The van der Waals surface area contributed by atoms with Crippen LogP contribution in [0.25, 0.3) is 11.3 Å². The van der Waals surface area contributed by atoms with Crippen molar-refractivity contribution in [3.8, 4) is 34.3 Å². The van der Waals surface area contributed by atoms with E-state index in [2.05, 4.69) is 24.0 Å². The van der Waals surface area contributed by atoms with Crippen molar-refractivity contribution in [1.82, 2.24) is 15.1 Å². The number of phenolic OH excluding ortho intramolecular Hbond substituents is 1. The predicted molar refractivity (Wildman–Crippen MR) is 162 cm³/mol. The number of rotatable bonds is 11. The van der Waals surface area contributed by atoms with Crippen molar-refractivity contribution < 1.29 is 24.1 Å². The number of aryl methyl sites for hydroxylation is 2. The Labute approximate surface area is 247 Å². The summed E-state index contributed by atoms with van der Waals surface area (Å²) in [7, 11) is 1.63. The molecule has 0 saturated carbocycles. The Kier molecular flexibility index (Phi) is 8.43. The van der Waals surface area contributed by atoms with E-state index < -0.39 is 6.04 Å². The Bertz CT molecular complexity index is 1580. The van der Waals surface area contributed by atoms with Crippen LogP contribution in [0.1, 0.15) is 71.5 Å². The SMILES string of the molecule is CCOc1cc(C2c3c(-c4cc(C)cc(C)c4O)n[nH]c3C(=O)N2Cc2ccc(OC)cc2)ccc1OCCC(C)C. The minimum absolute atomic E-state index is 0.151. The van der Waals surface area contributed by atoms with Crippen LogP contribution < -0.4 is 14.2 Å². The molecule has 4 aromatic rings. The number of fused-ring (bicyclic) bond motifs is 1. The Morgan fingerprint density at radius 1 is 1.02 bits per heavy atom. The van der Waals surface area contributed by atoms with Gasteiger partial charge in [-0.1, -0.05) is 38.1 Å². The van der Waals surface area contributed by atoms with Crippen LogP contribution in [-0.2, 0) is 6.54 Å². The Balaban J connectivity index is 1.62. The van der Waals surface area contributed by atoms with Crippen LogP contribution in [0.4, 0.5) is 0 Å². The van der Waals surface area contributed by atoms with Gasteiger partial charge in [-0.05, 0) is 85.7 Å². The second-order valence-corrected chi connectivity index (χ2v) is 11.2. The summed E-state index contributed by atoms with van der Waals surface area (Å²) in [5.74, 6) is 2.56. The Morgan fingerprint density at radius 3 is 2.48 bits per heavy atom. The quantitative estimate of drug-likeness (QED) is 0.202. The number of hydrogen-bond donors (Lipinski definition) is 2. The molecule has 5 rings (SSSR count). The molecular formula is C34H39N3O5. The number of ether oxygens (including phenoxy) is 3. The topological polar surface area (TPSA) is 96.9 Å². The van der Waals surface area contributed by atoms with Crippen molar-refractivity contribution in [1.29, 1.82) is 0 Å². The van der Waals surface area contributed by atoms with Gasteiger partial charge in [-0.2, -0.15) is 5.10 Å². The molecule has 0 spiro atoms. The van der Waals surface area contributed by atoms with E-state index in [1.807, 2.05) is 80.3 Å². The summed E-state index contributed by atoms with van der Waals surface area (Å²) in [6.07, 6.45) is 0.932.